The molecule has 0 atom stereocenters. The molecule has 0 fully saturated rings. The van der Waals surface area contributed by atoms with Gasteiger partial charge in [0.25, 0.3) is 5.91 Å². The monoisotopic (exact) mass is 413 g/mol. The third-order valence-corrected chi connectivity index (χ3v) is 4.15. The van der Waals surface area contributed by atoms with Gasteiger partial charge in [0.1, 0.15) is 0 Å². The SMILES string of the molecule is O=C(N=Nc1ccc(NOC(=O)c2ccccc2Cl)cc1)c1ccc(Cl)cc1. The predicted octanol–water partition coefficient (Wildman–Crippen LogP) is 6.10. The highest BCUT2D eigenvalue weighted by molar-refractivity contribution is 6.33. The molecular formula is C20H13Cl2N3O3. The summed E-state index contributed by atoms with van der Waals surface area (Å²) in [7, 11) is 0. The van der Waals surface area contributed by atoms with Crippen LogP contribution in [0.5, 0.6) is 0 Å². The number of anilines is 1. The van der Waals surface area contributed by atoms with Gasteiger partial charge in [0, 0.05) is 10.6 Å². The molecule has 0 aliphatic rings. The minimum Gasteiger partial charge on any atom is -0.338 e. The smallest absolute Gasteiger partial charge is 0.338 e. The number of azo groups is 1. The molecule has 3 aromatic carbocycles. The molecule has 0 unspecified atom stereocenters. The van der Waals surface area contributed by atoms with Gasteiger partial charge in [-0.3, -0.25) is 4.79 Å². The Labute approximate surface area is 170 Å². The van der Waals surface area contributed by atoms with E-state index in [0.29, 0.717) is 27.0 Å². The first-order valence-corrected chi connectivity index (χ1v) is 8.82. The van der Waals surface area contributed by atoms with Gasteiger partial charge < -0.3 is 4.84 Å². The number of carbonyl (C=O) groups is 2. The van der Waals surface area contributed by atoms with Crippen LogP contribution < -0.4 is 5.48 Å². The summed E-state index contributed by atoms with van der Waals surface area (Å²) in [5.74, 6) is -1.09. The molecular weight excluding hydrogens is 401 g/mol. The van der Waals surface area contributed by atoms with E-state index in [0.717, 1.165) is 0 Å². The highest BCUT2D eigenvalue weighted by Gasteiger charge is 2.11. The van der Waals surface area contributed by atoms with Gasteiger partial charge >= 0.3 is 5.97 Å². The average molecular weight is 414 g/mol. The summed E-state index contributed by atoms with van der Waals surface area (Å²) in [5.41, 5.74) is 4.15. The van der Waals surface area contributed by atoms with Gasteiger partial charge in [-0.2, -0.15) is 0 Å². The Morgan fingerprint density at radius 1 is 0.857 bits per heavy atom. The maximum atomic E-state index is 12.0. The fourth-order valence-corrected chi connectivity index (χ4v) is 2.48. The molecule has 0 saturated heterocycles. The van der Waals surface area contributed by atoms with Crippen molar-refractivity contribution in [3.05, 3.63) is 94.0 Å². The Hall–Kier alpha value is -3.22. The molecule has 1 amide bonds. The minimum absolute atomic E-state index is 0.253. The van der Waals surface area contributed by atoms with Crippen LogP contribution >= 0.6 is 23.2 Å². The highest BCUT2D eigenvalue weighted by Crippen LogP contribution is 2.19. The van der Waals surface area contributed by atoms with E-state index in [1.54, 1.807) is 72.8 Å². The average Bonchev–Trinajstić information content (AvgIpc) is 2.72. The summed E-state index contributed by atoms with van der Waals surface area (Å²) in [6.07, 6.45) is 0. The van der Waals surface area contributed by atoms with Crippen molar-refractivity contribution in [3.8, 4) is 0 Å². The first-order valence-electron chi connectivity index (χ1n) is 8.06. The van der Waals surface area contributed by atoms with Crippen molar-refractivity contribution in [1.82, 2.24) is 0 Å². The van der Waals surface area contributed by atoms with Crippen LogP contribution in [0.1, 0.15) is 20.7 Å². The molecule has 140 valence electrons. The number of hydrogen-bond donors (Lipinski definition) is 1. The number of carbonyl (C=O) groups excluding carboxylic acids is 2. The molecule has 0 spiro atoms. The molecule has 6 nitrogen and oxygen atoms in total. The molecule has 3 aromatic rings. The van der Waals surface area contributed by atoms with Gasteiger partial charge in [0.05, 0.1) is 22.0 Å². The lowest BCUT2D eigenvalue weighted by molar-refractivity contribution is 0.0596. The van der Waals surface area contributed by atoms with Gasteiger partial charge in [0.15, 0.2) is 0 Å². The van der Waals surface area contributed by atoms with Crippen LogP contribution in [-0.4, -0.2) is 11.9 Å². The predicted molar refractivity (Wildman–Crippen MR) is 107 cm³/mol. The molecule has 0 heterocycles. The zero-order valence-corrected chi connectivity index (χ0v) is 15.8. The highest BCUT2D eigenvalue weighted by atomic mass is 35.5. The molecule has 0 bridgehead atoms. The van der Waals surface area contributed by atoms with Crippen molar-refractivity contribution in [2.75, 3.05) is 5.48 Å². The topological polar surface area (TPSA) is 80.1 Å². The molecule has 8 heteroatoms. The Balaban J connectivity index is 1.57. The van der Waals surface area contributed by atoms with E-state index in [9.17, 15) is 9.59 Å². The first kappa shape index (κ1) is 19.5. The molecule has 1 N–H and O–H groups in total. The summed E-state index contributed by atoms with van der Waals surface area (Å²) in [6.45, 7) is 0. The minimum atomic E-state index is -0.608. The first-order chi connectivity index (χ1) is 13.5. The molecule has 3 rings (SSSR count). The zero-order valence-electron chi connectivity index (χ0n) is 14.3. The van der Waals surface area contributed by atoms with E-state index in [4.69, 9.17) is 28.0 Å². The van der Waals surface area contributed by atoms with E-state index >= 15 is 0 Å². The lowest BCUT2D eigenvalue weighted by Crippen LogP contribution is -2.11. The van der Waals surface area contributed by atoms with Crippen LogP contribution in [0.2, 0.25) is 10.0 Å². The van der Waals surface area contributed by atoms with E-state index in [-0.39, 0.29) is 5.56 Å². The van der Waals surface area contributed by atoms with Crippen LogP contribution in [0.4, 0.5) is 11.4 Å². The van der Waals surface area contributed by atoms with Crippen LogP contribution in [0.25, 0.3) is 0 Å². The number of hydrogen-bond acceptors (Lipinski definition) is 5. The summed E-state index contributed by atoms with van der Waals surface area (Å²) in [4.78, 5) is 29.0. The molecule has 0 aromatic heterocycles. The molecule has 0 saturated carbocycles. The molecule has 0 radical (unpaired) electrons. The Kier molecular flexibility index (Phi) is 6.37. The number of nitrogens with one attached hydrogen (secondary N) is 1. The second-order valence-electron chi connectivity index (χ2n) is 5.53. The summed E-state index contributed by atoms with van der Waals surface area (Å²) >= 11 is 11.7. The Morgan fingerprint density at radius 2 is 1.54 bits per heavy atom. The van der Waals surface area contributed by atoms with E-state index in [1.807, 2.05) is 0 Å². The van der Waals surface area contributed by atoms with E-state index in [2.05, 4.69) is 15.7 Å². The van der Waals surface area contributed by atoms with Crippen LogP contribution in [0.15, 0.2) is 83.0 Å². The molecule has 0 aliphatic heterocycles. The maximum Gasteiger partial charge on any atom is 0.364 e. The number of nitrogens with zero attached hydrogens (tertiary/aromatic N) is 2. The van der Waals surface area contributed by atoms with E-state index < -0.39 is 11.9 Å². The summed E-state index contributed by atoms with van der Waals surface area (Å²) < 4.78 is 0. The van der Waals surface area contributed by atoms with Crippen molar-refractivity contribution in [2.45, 2.75) is 0 Å². The van der Waals surface area contributed by atoms with E-state index in [1.165, 1.54) is 0 Å². The number of rotatable bonds is 5. The molecule has 0 aliphatic carbocycles. The van der Waals surface area contributed by atoms with Crippen LogP contribution in [0, 0.1) is 0 Å². The Bertz CT molecular complexity index is 1020. The standard InChI is InChI=1S/C20H13Cl2N3O3/c21-14-7-5-13(6-8-14)19(26)24-23-15-9-11-16(12-10-15)25-28-20(27)17-3-1-2-4-18(17)22/h1-12,25H. The lowest BCUT2D eigenvalue weighted by atomic mass is 10.2. The lowest BCUT2D eigenvalue weighted by Gasteiger charge is -2.07. The van der Waals surface area contributed by atoms with Gasteiger partial charge in [-0.05, 0) is 60.7 Å². The fourth-order valence-electron chi connectivity index (χ4n) is 2.14. The second-order valence-corrected chi connectivity index (χ2v) is 6.37. The normalized spacial score (nSPS) is 10.6. The van der Waals surface area contributed by atoms with Gasteiger partial charge in [0.2, 0.25) is 0 Å². The van der Waals surface area contributed by atoms with Crippen molar-refractivity contribution in [1.29, 1.82) is 0 Å². The van der Waals surface area contributed by atoms with Crippen molar-refractivity contribution in [3.63, 3.8) is 0 Å². The quantitative estimate of drug-likeness (QED) is 0.404. The Morgan fingerprint density at radius 3 is 2.21 bits per heavy atom. The zero-order chi connectivity index (χ0) is 19.9. The third-order valence-electron chi connectivity index (χ3n) is 3.57. The van der Waals surface area contributed by atoms with Crippen molar-refractivity contribution in [2.24, 2.45) is 10.2 Å². The van der Waals surface area contributed by atoms with Crippen LogP contribution in [-0.2, 0) is 4.84 Å². The van der Waals surface area contributed by atoms with Crippen molar-refractivity contribution >= 4 is 46.5 Å². The van der Waals surface area contributed by atoms with Crippen LogP contribution in [0.3, 0.4) is 0 Å². The number of halogens is 2. The summed E-state index contributed by atoms with van der Waals surface area (Å²) in [6, 6.07) is 19.4. The number of amides is 1. The largest absolute Gasteiger partial charge is 0.364 e. The summed E-state index contributed by atoms with van der Waals surface area (Å²) in [5, 5.41) is 8.40. The van der Waals surface area contributed by atoms with Gasteiger partial charge in [-0.15, -0.1) is 10.2 Å². The van der Waals surface area contributed by atoms with Crippen molar-refractivity contribution < 1.29 is 14.4 Å². The van der Waals surface area contributed by atoms with Gasteiger partial charge in [-0.25, -0.2) is 10.3 Å². The number of benzene rings is 3. The second kappa shape index (κ2) is 9.12. The maximum absolute atomic E-state index is 12.0. The van der Waals surface area contributed by atoms with Gasteiger partial charge in [-0.1, -0.05) is 35.3 Å². The fraction of sp³-hybridized carbons (Fsp3) is 0. The third kappa shape index (κ3) is 5.16. The molecule has 28 heavy (non-hydrogen) atoms.